The Morgan fingerprint density at radius 1 is 0.964 bits per heavy atom. The van der Waals surface area contributed by atoms with Crippen molar-refractivity contribution < 1.29 is 52.6 Å². The summed E-state index contributed by atoms with van der Waals surface area (Å²) in [5.41, 5.74) is 0.0517. The van der Waals surface area contributed by atoms with Crippen molar-refractivity contribution >= 4 is 11.8 Å². The summed E-state index contributed by atoms with van der Waals surface area (Å²) in [6.45, 7) is 7.90. The Morgan fingerprint density at radius 3 is 2.39 bits per heavy atom. The molecule has 0 aromatic carbocycles. The van der Waals surface area contributed by atoms with Gasteiger partial charge < -0.3 is 47.9 Å². The number of nitrogens with zero attached hydrogens (tertiary/aromatic N) is 1. The van der Waals surface area contributed by atoms with Crippen molar-refractivity contribution in [3.63, 3.8) is 0 Å². The molecule has 12 heteroatoms. The summed E-state index contributed by atoms with van der Waals surface area (Å²) >= 11 is 0. The van der Waals surface area contributed by atoms with Crippen LogP contribution in [0.25, 0.3) is 0 Å². The van der Waals surface area contributed by atoms with Crippen LogP contribution in [0.1, 0.15) is 85.5 Å². The highest BCUT2D eigenvalue weighted by atomic mass is 16.7. The second-order valence-corrected chi connectivity index (χ2v) is 17.4. The number of fused-ring (bicyclic) bond motifs is 5. The van der Waals surface area contributed by atoms with Crippen LogP contribution in [0.4, 0.5) is 0 Å². The standard InChI is InChI=1S/C44H69NO11/c1-10-11-13-28-14-12-15-37(56-39-17-16-36(45(5)6)26(3)52-39)25(2)40(48)33-21-32-30(31(33)22-38(47)54-28)18-19-44(51-9)23-29(20-35(32)44)55-43-34(24-46)42(50-8)41(49-7)27(4)53-43/h11,13,18-19,21,25-32,34-37,39,41-43,46H,10,12,14-17,20,22-24H2,1-9H3/b13-11+/t25-,26?,27?,28+,29+,30+,31+,32-,34?,35+,36?,37+,39?,41?,42?,43?,44?/m1/s1. The van der Waals surface area contributed by atoms with Gasteiger partial charge >= 0.3 is 5.97 Å². The number of Topliss-reactive ketones (excluding diaryl/α,β-unsaturated/α-hetero) is 1. The number of likely N-dealkylation sites (N-methyl/N-ethyl adjacent to an activating group) is 1. The van der Waals surface area contributed by atoms with Gasteiger partial charge in [0.1, 0.15) is 12.2 Å². The molecule has 0 aromatic heterocycles. The van der Waals surface area contributed by atoms with Crippen LogP contribution in [0.2, 0.25) is 0 Å². The van der Waals surface area contributed by atoms with Crippen molar-refractivity contribution in [2.75, 3.05) is 42.0 Å². The fourth-order valence-electron chi connectivity index (χ4n) is 10.9. The lowest BCUT2D eigenvalue weighted by molar-refractivity contribution is -0.300. The van der Waals surface area contributed by atoms with Gasteiger partial charge in [-0.15, -0.1) is 0 Å². The van der Waals surface area contributed by atoms with Gasteiger partial charge in [0.05, 0.1) is 55.1 Å². The zero-order chi connectivity index (χ0) is 40.3. The molecule has 0 amide bonds. The van der Waals surface area contributed by atoms with Gasteiger partial charge in [0, 0.05) is 51.5 Å². The first-order valence-electron chi connectivity index (χ1n) is 21.2. The predicted octanol–water partition coefficient (Wildman–Crippen LogP) is 5.41. The van der Waals surface area contributed by atoms with Gasteiger partial charge in [-0.3, -0.25) is 9.59 Å². The molecule has 0 spiro atoms. The summed E-state index contributed by atoms with van der Waals surface area (Å²) in [6.07, 6.45) is 13.4. The number of hydrogen-bond donors (Lipinski definition) is 1. The Kier molecular flexibility index (Phi) is 14.7. The number of allylic oxidation sites excluding steroid dienone is 4. The van der Waals surface area contributed by atoms with Crippen LogP contribution in [0, 0.1) is 35.5 Å². The maximum Gasteiger partial charge on any atom is 0.307 e. The van der Waals surface area contributed by atoms with E-state index in [4.69, 9.17) is 37.9 Å². The van der Waals surface area contributed by atoms with Crippen LogP contribution in [0.15, 0.2) is 36.0 Å². The van der Waals surface area contributed by atoms with E-state index in [2.05, 4.69) is 57.1 Å². The molecular formula is C44H69NO11. The average molecular weight is 788 g/mol. The first kappa shape index (κ1) is 43.6. The fraction of sp³-hybridized carbons (Fsp3) is 0.818. The molecule has 1 N–H and O–H groups in total. The summed E-state index contributed by atoms with van der Waals surface area (Å²) in [6, 6.07) is 0.312. The number of carbonyl (C=O) groups excluding carboxylic acids is 2. The number of esters is 1. The van der Waals surface area contributed by atoms with E-state index < -0.39 is 29.8 Å². The number of carbonyl (C=O) groups is 2. The van der Waals surface area contributed by atoms with Gasteiger partial charge in [0.15, 0.2) is 18.4 Å². The molecular weight excluding hydrogens is 718 g/mol. The SMILES string of the molecule is CC/C=C/[C@H]1CCC[C@H](OC2CCC(N(C)C)C(C)O2)[C@@H](C)C(=O)C2=C[C@@H]3[C@@H](C=CC4(OC)C[C@@H](OC5OC(C)C(OC)C(OC)C5CO)C[C@@H]34)[C@@H]2CC(=O)O1. The lowest BCUT2D eigenvalue weighted by Gasteiger charge is -2.44. The van der Waals surface area contributed by atoms with Crippen LogP contribution in [0.3, 0.4) is 0 Å². The Hall–Kier alpha value is -2.00. The Balaban J connectivity index is 1.26. The van der Waals surface area contributed by atoms with Gasteiger partial charge in [-0.25, -0.2) is 0 Å². The van der Waals surface area contributed by atoms with E-state index in [1.165, 1.54) is 0 Å². The maximum absolute atomic E-state index is 14.8. The summed E-state index contributed by atoms with van der Waals surface area (Å²) in [5, 5.41) is 10.5. The number of methoxy groups -OCH3 is 3. The van der Waals surface area contributed by atoms with Gasteiger partial charge in [-0.2, -0.15) is 0 Å². The summed E-state index contributed by atoms with van der Waals surface area (Å²) in [7, 11) is 9.13. The van der Waals surface area contributed by atoms with E-state index in [1.807, 2.05) is 19.9 Å². The third-order valence-corrected chi connectivity index (χ3v) is 13.9. The molecule has 6 aliphatic rings. The normalized spacial score (nSPS) is 44.8. The van der Waals surface area contributed by atoms with Crippen molar-refractivity contribution in [1.29, 1.82) is 0 Å². The molecule has 3 heterocycles. The highest BCUT2D eigenvalue weighted by Gasteiger charge is 2.58. The first-order valence-corrected chi connectivity index (χ1v) is 21.2. The number of ketones is 1. The van der Waals surface area contributed by atoms with Crippen LogP contribution in [-0.4, -0.2) is 131 Å². The second kappa shape index (κ2) is 18.9. The Morgan fingerprint density at radius 2 is 1.73 bits per heavy atom. The van der Waals surface area contributed by atoms with Crippen LogP contribution < -0.4 is 0 Å². The molecule has 56 heavy (non-hydrogen) atoms. The largest absolute Gasteiger partial charge is 0.458 e. The van der Waals surface area contributed by atoms with Crippen molar-refractivity contribution in [3.05, 3.63) is 36.0 Å². The van der Waals surface area contributed by atoms with E-state index in [1.54, 1.807) is 21.3 Å². The quantitative estimate of drug-likeness (QED) is 0.212. The lowest BCUT2D eigenvalue weighted by Crippen LogP contribution is -2.57. The van der Waals surface area contributed by atoms with Crippen molar-refractivity contribution in [1.82, 2.24) is 4.90 Å². The molecule has 17 atom stereocenters. The number of aliphatic hydroxyl groups is 1. The summed E-state index contributed by atoms with van der Waals surface area (Å²) in [5.74, 6) is -1.65. The predicted molar refractivity (Wildman–Crippen MR) is 209 cm³/mol. The highest BCUT2D eigenvalue weighted by Crippen LogP contribution is 2.57. The first-order chi connectivity index (χ1) is 26.9. The van der Waals surface area contributed by atoms with Crippen LogP contribution >= 0.6 is 0 Å². The van der Waals surface area contributed by atoms with Crippen molar-refractivity contribution in [2.24, 2.45) is 35.5 Å². The fourth-order valence-corrected chi connectivity index (χ4v) is 10.9. The van der Waals surface area contributed by atoms with E-state index in [-0.39, 0.29) is 91.4 Å². The van der Waals surface area contributed by atoms with Crippen LogP contribution in [0.5, 0.6) is 0 Å². The third-order valence-electron chi connectivity index (χ3n) is 13.9. The molecule has 4 fully saturated rings. The summed E-state index contributed by atoms with van der Waals surface area (Å²) in [4.78, 5) is 30.8. The molecule has 0 aromatic rings. The van der Waals surface area contributed by atoms with Crippen molar-refractivity contribution in [2.45, 2.75) is 152 Å². The van der Waals surface area contributed by atoms with E-state index in [0.717, 1.165) is 25.7 Å². The number of aliphatic hydroxyl groups excluding tert-OH is 1. The number of rotatable bonds is 11. The molecule has 3 saturated heterocycles. The molecule has 3 aliphatic heterocycles. The van der Waals surface area contributed by atoms with Gasteiger partial charge in [0.2, 0.25) is 0 Å². The smallest absolute Gasteiger partial charge is 0.307 e. The van der Waals surface area contributed by atoms with E-state index in [9.17, 15) is 14.7 Å². The zero-order valence-corrected chi connectivity index (χ0v) is 35.2. The third kappa shape index (κ3) is 8.94. The number of cyclic esters (lactones) is 1. The van der Waals surface area contributed by atoms with Gasteiger partial charge in [0.25, 0.3) is 0 Å². The molecule has 3 aliphatic carbocycles. The monoisotopic (exact) mass is 787 g/mol. The second-order valence-electron chi connectivity index (χ2n) is 17.4. The molecule has 1 saturated carbocycles. The molecule has 316 valence electrons. The minimum Gasteiger partial charge on any atom is -0.458 e. The van der Waals surface area contributed by atoms with E-state index in [0.29, 0.717) is 37.3 Å². The average Bonchev–Trinajstić information content (AvgIpc) is 3.73. The molecule has 0 radical (unpaired) electrons. The highest BCUT2D eigenvalue weighted by molar-refractivity contribution is 5.99. The van der Waals surface area contributed by atoms with E-state index >= 15 is 0 Å². The van der Waals surface area contributed by atoms with Gasteiger partial charge in [-0.05, 0) is 96.4 Å². The lowest BCUT2D eigenvalue weighted by atomic mass is 9.68. The summed E-state index contributed by atoms with van der Waals surface area (Å²) < 4.78 is 50.2. The topological polar surface area (TPSA) is 131 Å². The minimum atomic E-state index is -0.698. The van der Waals surface area contributed by atoms with Crippen molar-refractivity contribution in [3.8, 4) is 0 Å². The number of ether oxygens (including phenoxy) is 8. The Labute approximate surface area is 334 Å². The molecule has 9 unspecified atom stereocenters. The minimum absolute atomic E-state index is 0.00681. The molecule has 0 bridgehead atoms. The Bertz CT molecular complexity index is 1430. The molecule has 12 nitrogen and oxygen atoms in total. The van der Waals surface area contributed by atoms with Crippen LogP contribution in [-0.2, 0) is 47.5 Å². The maximum atomic E-state index is 14.8. The van der Waals surface area contributed by atoms with Gasteiger partial charge in [-0.1, -0.05) is 38.2 Å². The number of hydrogen-bond acceptors (Lipinski definition) is 12. The zero-order valence-electron chi connectivity index (χ0n) is 35.2. The molecule has 6 rings (SSSR count).